The molecule has 0 aromatic heterocycles. The Balaban J connectivity index is 2.49. The van der Waals surface area contributed by atoms with E-state index < -0.39 is 43.2 Å². The minimum atomic E-state index is -4.89. The van der Waals surface area contributed by atoms with E-state index in [9.17, 15) is 37.8 Å². The van der Waals surface area contributed by atoms with Crippen molar-refractivity contribution >= 4 is 18.2 Å². The molecule has 1 fully saturated rings. The predicted octanol–water partition coefficient (Wildman–Crippen LogP) is 0.808. The number of aliphatic hydroxyl groups is 2. The van der Waals surface area contributed by atoms with Gasteiger partial charge in [-0.25, -0.2) is 4.79 Å². The molecule has 0 bridgehead atoms. The molecule has 0 radical (unpaired) electrons. The average molecular weight is 439 g/mol. The van der Waals surface area contributed by atoms with Crippen molar-refractivity contribution in [1.82, 2.24) is 15.5 Å². The Morgan fingerprint density at radius 2 is 1.90 bits per heavy atom. The first-order chi connectivity index (χ1) is 14.1. The first kappa shape index (κ1) is 25.9. The first-order valence-electron chi connectivity index (χ1n) is 9.59. The maximum atomic E-state index is 12.1. The minimum absolute atomic E-state index is 0.0743. The summed E-state index contributed by atoms with van der Waals surface area (Å²) < 4.78 is 41.6. The van der Waals surface area contributed by atoms with E-state index in [0.717, 1.165) is 4.90 Å². The van der Waals surface area contributed by atoms with Gasteiger partial charge in [-0.05, 0) is 19.3 Å². The van der Waals surface area contributed by atoms with Crippen LogP contribution < -0.4 is 10.6 Å². The fourth-order valence-electron chi connectivity index (χ4n) is 2.89. The first-order valence-corrected chi connectivity index (χ1v) is 9.59. The zero-order valence-corrected chi connectivity index (χ0v) is 16.7. The Morgan fingerprint density at radius 3 is 2.43 bits per heavy atom. The molecule has 0 unspecified atom stereocenters. The van der Waals surface area contributed by atoms with Crippen molar-refractivity contribution in [1.29, 1.82) is 0 Å². The van der Waals surface area contributed by atoms with Crippen molar-refractivity contribution in [3.05, 3.63) is 11.8 Å². The molecule has 1 aliphatic rings. The topological polar surface area (TPSA) is 128 Å². The third-order valence-electron chi connectivity index (χ3n) is 4.53. The second kappa shape index (κ2) is 12.5. The van der Waals surface area contributed by atoms with Gasteiger partial charge in [0, 0.05) is 31.8 Å². The van der Waals surface area contributed by atoms with Crippen LogP contribution >= 0.6 is 0 Å². The number of nitrogens with one attached hydrogen (secondary N) is 2. The van der Waals surface area contributed by atoms with E-state index in [-0.39, 0.29) is 13.0 Å². The molecule has 30 heavy (non-hydrogen) atoms. The molecule has 1 rings (SSSR count). The predicted molar refractivity (Wildman–Crippen MR) is 99.0 cm³/mol. The molecule has 0 saturated carbocycles. The highest BCUT2D eigenvalue weighted by Gasteiger charge is 2.38. The summed E-state index contributed by atoms with van der Waals surface area (Å²) in [4.78, 5) is 35.3. The Labute approximate surface area is 172 Å². The summed E-state index contributed by atoms with van der Waals surface area (Å²) in [6, 6.07) is -0.550. The Kier molecular flexibility index (Phi) is 10.8. The summed E-state index contributed by atoms with van der Waals surface area (Å²) in [6.07, 6.45) is -3.12. The second-order valence-electron chi connectivity index (χ2n) is 6.82. The van der Waals surface area contributed by atoms with Crippen molar-refractivity contribution < 1.29 is 42.5 Å². The molecule has 3 amide bonds. The zero-order valence-electron chi connectivity index (χ0n) is 16.7. The molecule has 12 heteroatoms. The van der Waals surface area contributed by atoms with Crippen LogP contribution in [0.5, 0.6) is 0 Å². The van der Waals surface area contributed by atoms with E-state index in [1.54, 1.807) is 5.32 Å². The van der Waals surface area contributed by atoms with Gasteiger partial charge in [0.1, 0.15) is 18.6 Å². The molecular weight excluding hydrogens is 411 g/mol. The number of aliphatic hydroxyl groups excluding tert-OH is 2. The second-order valence-corrected chi connectivity index (χ2v) is 6.82. The van der Waals surface area contributed by atoms with Crippen LogP contribution in [0, 0.1) is 0 Å². The van der Waals surface area contributed by atoms with Crippen molar-refractivity contribution in [3.8, 4) is 0 Å². The van der Waals surface area contributed by atoms with Crippen molar-refractivity contribution in [2.24, 2.45) is 0 Å². The molecule has 4 N–H and O–H groups in total. The van der Waals surface area contributed by atoms with Crippen molar-refractivity contribution in [3.63, 3.8) is 0 Å². The van der Waals surface area contributed by atoms with E-state index in [1.807, 2.05) is 0 Å². The number of aldehydes is 1. The number of allylic oxidation sites excluding steroid dienone is 1. The normalized spacial score (nSPS) is 21.9. The third kappa shape index (κ3) is 8.28. The van der Waals surface area contributed by atoms with E-state index in [1.165, 1.54) is 13.2 Å². The monoisotopic (exact) mass is 439 g/mol. The quantitative estimate of drug-likeness (QED) is 0.214. The lowest BCUT2D eigenvalue weighted by Crippen LogP contribution is -2.42. The largest absolute Gasteiger partial charge is 0.471 e. The number of hydrogen-bond acceptors (Lipinski definition) is 6. The van der Waals surface area contributed by atoms with Crippen LogP contribution in [0.2, 0.25) is 0 Å². The number of rotatable bonds is 11. The number of amides is 3. The minimum Gasteiger partial charge on any atom is -0.394 e. The van der Waals surface area contributed by atoms with Gasteiger partial charge in [-0.2, -0.15) is 13.2 Å². The fraction of sp³-hybridized carbons (Fsp3) is 0.722. The highest BCUT2D eigenvalue weighted by atomic mass is 19.4. The van der Waals surface area contributed by atoms with Gasteiger partial charge >= 0.3 is 18.1 Å². The highest BCUT2D eigenvalue weighted by Crippen LogP contribution is 2.24. The van der Waals surface area contributed by atoms with E-state index >= 15 is 0 Å². The summed E-state index contributed by atoms with van der Waals surface area (Å²) >= 11 is 0. The van der Waals surface area contributed by atoms with Gasteiger partial charge in [0.15, 0.2) is 0 Å². The molecule has 1 heterocycles. The van der Waals surface area contributed by atoms with E-state index in [2.05, 4.69) is 5.32 Å². The lowest BCUT2D eigenvalue weighted by molar-refractivity contribution is -0.173. The molecule has 0 aliphatic carbocycles. The molecule has 0 aromatic carbocycles. The van der Waals surface area contributed by atoms with Crippen molar-refractivity contribution in [2.45, 2.75) is 63.1 Å². The van der Waals surface area contributed by atoms with Crippen LogP contribution in [-0.2, 0) is 14.3 Å². The van der Waals surface area contributed by atoms with Crippen LogP contribution in [-0.4, -0.2) is 78.1 Å². The number of unbranched alkanes of at least 4 members (excludes halogenated alkanes) is 3. The summed E-state index contributed by atoms with van der Waals surface area (Å²) in [7, 11) is 1.40. The van der Waals surface area contributed by atoms with Gasteiger partial charge in [0.2, 0.25) is 0 Å². The summed E-state index contributed by atoms with van der Waals surface area (Å²) in [5.74, 6) is -1.97. The molecule has 9 nitrogen and oxygen atoms in total. The molecule has 0 spiro atoms. The van der Waals surface area contributed by atoms with E-state index in [4.69, 9.17) is 4.74 Å². The van der Waals surface area contributed by atoms with Crippen LogP contribution in [0.25, 0.3) is 0 Å². The van der Waals surface area contributed by atoms with Gasteiger partial charge in [0.25, 0.3) is 0 Å². The number of urea groups is 1. The summed E-state index contributed by atoms with van der Waals surface area (Å²) in [5, 5.41) is 23.2. The fourth-order valence-corrected chi connectivity index (χ4v) is 2.89. The number of carbonyl (C=O) groups is 3. The molecule has 0 aromatic rings. The van der Waals surface area contributed by atoms with Crippen LogP contribution in [0.1, 0.15) is 38.5 Å². The summed E-state index contributed by atoms with van der Waals surface area (Å²) in [6.45, 7) is -0.501. The SMILES string of the molecule is CNC(=O)N(/C=C(\C=O)CCCCCCNC(=O)C(F)(F)F)[C@H]1C[C@H](O)[C@@H](CO)O1. The van der Waals surface area contributed by atoms with Gasteiger partial charge in [0.05, 0.1) is 12.7 Å². The lowest BCUT2D eigenvalue weighted by Gasteiger charge is -2.25. The van der Waals surface area contributed by atoms with Crippen molar-refractivity contribution in [2.75, 3.05) is 20.2 Å². The lowest BCUT2D eigenvalue weighted by atomic mass is 10.1. The zero-order chi connectivity index (χ0) is 22.7. The molecule has 172 valence electrons. The van der Waals surface area contributed by atoms with Crippen LogP contribution in [0.3, 0.4) is 0 Å². The van der Waals surface area contributed by atoms with Crippen LogP contribution in [0.4, 0.5) is 18.0 Å². The highest BCUT2D eigenvalue weighted by molar-refractivity contribution is 5.81. The van der Waals surface area contributed by atoms with Gasteiger partial charge < -0.3 is 25.6 Å². The van der Waals surface area contributed by atoms with Crippen LogP contribution in [0.15, 0.2) is 11.8 Å². The maximum Gasteiger partial charge on any atom is 0.471 e. The summed E-state index contributed by atoms with van der Waals surface area (Å²) in [5.41, 5.74) is 0.300. The third-order valence-corrected chi connectivity index (χ3v) is 4.53. The molecule has 1 saturated heterocycles. The number of alkyl halides is 3. The standard InChI is InChI=1S/C18H28F3N3O6/c1-22-17(29)24(15-8-13(27)14(11-26)30-15)9-12(10-25)6-4-2-3-5-7-23-16(28)18(19,20)21/h9-10,13-15,26-27H,2-8,11H2,1H3,(H,22,29)(H,23,28)/b12-9-/t13-,14+,15+/m0/s1. The molecular formula is C18H28F3N3O6. The van der Waals surface area contributed by atoms with Gasteiger partial charge in [-0.3, -0.25) is 14.5 Å². The smallest absolute Gasteiger partial charge is 0.394 e. The van der Waals surface area contributed by atoms with Gasteiger partial charge in [-0.15, -0.1) is 0 Å². The van der Waals surface area contributed by atoms with E-state index in [0.29, 0.717) is 44.0 Å². The number of nitrogens with zero attached hydrogens (tertiary/aromatic N) is 1. The maximum absolute atomic E-state index is 12.1. The van der Waals surface area contributed by atoms with Gasteiger partial charge in [-0.1, -0.05) is 12.8 Å². The average Bonchev–Trinajstić information content (AvgIpc) is 3.08. The number of hydrogen-bond donors (Lipinski definition) is 4. The Bertz CT molecular complexity index is 614. The Hall–Kier alpha value is -2.18. The number of halogens is 3. The molecule has 1 aliphatic heterocycles. The number of ether oxygens (including phenoxy) is 1. The number of carbonyl (C=O) groups excluding carboxylic acids is 3. The Morgan fingerprint density at radius 1 is 1.23 bits per heavy atom. The molecule has 3 atom stereocenters.